The molecule has 0 saturated heterocycles. The number of aromatic amines is 1. The summed E-state index contributed by atoms with van der Waals surface area (Å²) in [6.07, 6.45) is 1.05. The van der Waals surface area contributed by atoms with E-state index in [4.69, 9.17) is 0 Å². The number of nitrogens with zero attached hydrogens (tertiary/aromatic N) is 2. The molecule has 0 spiro atoms. The lowest BCUT2D eigenvalue weighted by Crippen LogP contribution is -2.22. The van der Waals surface area contributed by atoms with Crippen molar-refractivity contribution in [2.24, 2.45) is 0 Å². The van der Waals surface area contributed by atoms with Crippen LogP contribution in [0, 0.1) is 10.1 Å². The molecule has 0 bridgehead atoms. The predicted molar refractivity (Wildman–Crippen MR) is 50.7 cm³/mol. The molecule has 1 aromatic heterocycles. The number of Topliss-reactive ketones (excluding diaryl/α,β-unsaturated/α-hetero) is 1. The largest absolute Gasteiger partial charge is 0.463 e. The van der Waals surface area contributed by atoms with Crippen LogP contribution < -0.4 is 0 Å². The molecule has 1 unspecified atom stereocenters. The van der Waals surface area contributed by atoms with E-state index in [1.165, 1.54) is 6.92 Å². The fourth-order valence-corrected chi connectivity index (χ4v) is 1.04. The average molecular weight is 227 g/mol. The molecule has 0 aliphatic carbocycles. The second-order valence-corrected chi connectivity index (χ2v) is 2.98. The highest BCUT2D eigenvalue weighted by atomic mass is 16.6. The summed E-state index contributed by atoms with van der Waals surface area (Å²) in [7, 11) is 1.08. The normalized spacial score (nSPS) is 11.9. The van der Waals surface area contributed by atoms with E-state index in [-0.39, 0.29) is 5.82 Å². The lowest BCUT2D eigenvalue weighted by Gasteiger charge is -2.01. The number of carbonyl (C=O) groups excluding carboxylic acids is 2. The summed E-state index contributed by atoms with van der Waals surface area (Å²) in [5, 5.41) is 10.3. The van der Waals surface area contributed by atoms with Crippen molar-refractivity contribution in [2.45, 2.75) is 12.8 Å². The highest BCUT2D eigenvalue weighted by molar-refractivity contribution is 6.35. The fraction of sp³-hybridized carbons (Fsp3) is 0.375. The van der Waals surface area contributed by atoms with Crippen LogP contribution in [0.2, 0.25) is 0 Å². The van der Waals surface area contributed by atoms with Gasteiger partial charge >= 0.3 is 11.8 Å². The first-order valence-electron chi connectivity index (χ1n) is 4.29. The topological polar surface area (TPSA) is 115 Å². The smallest absolute Gasteiger partial charge is 0.381 e. The Morgan fingerprint density at radius 3 is 2.69 bits per heavy atom. The van der Waals surface area contributed by atoms with Gasteiger partial charge in [0.05, 0.1) is 7.11 Å². The Hall–Kier alpha value is -2.25. The Morgan fingerprint density at radius 1 is 1.62 bits per heavy atom. The minimum atomic E-state index is -1.01. The lowest BCUT2D eigenvalue weighted by atomic mass is 10.1. The zero-order valence-electron chi connectivity index (χ0n) is 8.59. The van der Waals surface area contributed by atoms with Crippen LogP contribution >= 0.6 is 0 Å². The zero-order valence-corrected chi connectivity index (χ0v) is 8.59. The third kappa shape index (κ3) is 2.22. The number of imidazole rings is 1. The van der Waals surface area contributed by atoms with Gasteiger partial charge in [0.2, 0.25) is 5.82 Å². The van der Waals surface area contributed by atoms with Gasteiger partial charge in [-0.1, -0.05) is 0 Å². The Balaban J connectivity index is 2.88. The summed E-state index contributed by atoms with van der Waals surface area (Å²) in [6.45, 7) is 1.40. The van der Waals surface area contributed by atoms with E-state index in [1.807, 2.05) is 0 Å². The molecule has 86 valence electrons. The number of hydrogen-bond acceptors (Lipinski definition) is 6. The number of methoxy groups -OCH3 is 1. The predicted octanol–water partition coefficient (Wildman–Crippen LogP) is 0.163. The fourth-order valence-electron chi connectivity index (χ4n) is 1.04. The number of hydrogen-bond donors (Lipinski definition) is 1. The summed E-state index contributed by atoms with van der Waals surface area (Å²) in [4.78, 5) is 37.9. The average Bonchev–Trinajstić information content (AvgIpc) is 2.75. The number of carbonyl (C=O) groups is 2. The monoisotopic (exact) mass is 227 g/mol. The number of esters is 1. The van der Waals surface area contributed by atoms with Crippen molar-refractivity contribution >= 4 is 17.6 Å². The van der Waals surface area contributed by atoms with Gasteiger partial charge in [-0.3, -0.25) is 4.79 Å². The molecular weight excluding hydrogens is 218 g/mol. The van der Waals surface area contributed by atoms with Gasteiger partial charge in [-0.25, -0.2) is 4.79 Å². The van der Waals surface area contributed by atoms with Crippen molar-refractivity contribution < 1.29 is 19.2 Å². The zero-order chi connectivity index (χ0) is 12.3. The van der Waals surface area contributed by atoms with Crippen LogP contribution in [0.25, 0.3) is 0 Å². The van der Waals surface area contributed by atoms with Gasteiger partial charge in [-0.05, 0) is 16.8 Å². The molecule has 0 aliphatic rings. The first-order valence-corrected chi connectivity index (χ1v) is 4.29. The maximum Gasteiger partial charge on any atom is 0.381 e. The molecule has 0 aliphatic heterocycles. The first kappa shape index (κ1) is 11.8. The summed E-state index contributed by atoms with van der Waals surface area (Å²) < 4.78 is 4.24. The van der Waals surface area contributed by atoms with Crippen molar-refractivity contribution in [3.8, 4) is 0 Å². The minimum absolute atomic E-state index is 0.0575. The summed E-state index contributed by atoms with van der Waals surface area (Å²) in [6, 6.07) is 0. The molecule has 1 N–H and O–H groups in total. The van der Waals surface area contributed by atoms with Gasteiger partial charge < -0.3 is 19.8 Å². The summed E-state index contributed by atoms with van der Waals surface area (Å²) in [5.41, 5.74) is 0. The number of ether oxygens (including phenoxy) is 1. The Morgan fingerprint density at radius 2 is 2.25 bits per heavy atom. The third-order valence-electron chi connectivity index (χ3n) is 1.96. The number of nitro groups is 1. The second-order valence-electron chi connectivity index (χ2n) is 2.98. The lowest BCUT2D eigenvalue weighted by molar-refractivity contribution is -0.389. The van der Waals surface area contributed by atoms with E-state index in [1.54, 1.807) is 0 Å². The molecule has 0 radical (unpaired) electrons. The Bertz CT molecular complexity index is 439. The quantitative estimate of drug-likeness (QED) is 0.339. The maximum absolute atomic E-state index is 11.3. The molecular formula is C8H9N3O5. The van der Waals surface area contributed by atoms with Gasteiger partial charge in [0.1, 0.15) is 12.1 Å². The molecule has 16 heavy (non-hydrogen) atoms. The summed E-state index contributed by atoms with van der Waals surface area (Å²) >= 11 is 0. The van der Waals surface area contributed by atoms with Crippen LogP contribution in [0.3, 0.4) is 0 Å². The van der Waals surface area contributed by atoms with Crippen LogP contribution in [0.15, 0.2) is 6.20 Å². The van der Waals surface area contributed by atoms with Gasteiger partial charge in [-0.2, -0.15) is 0 Å². The summed E-state index contributed by atoms with van der Waals surface area (Å²) in [5.74, 6) is -3.07. The van der Waals surface area contributed by atoms with E-state index in [0.717, 1.165) is 13.3 Å². The van der Waals surface area contributed by atoms with Crippen molar-refractivity contribution in [1.82, 2.24) is 9.97 Å². The van der Waals surface area contributed by atoms with E-state index in [0.29, 0.717) is 0 Å². The molecule has 0 fully saturated rings. The molecule has 0 saturated carbocycles. The second kappa shape index (κ2) is 4.51. The third-order valence-corrected chi connectivity index (χ3v) is 1.96. The van der Waals surface area contributed by atoms with E-state index in [2.05, 4.69) is 14.7 Å². The molecule has 1 heterocycles. The molecule has 0 aromatic carbocycles. The van der Waals surface area contributed by atoms with Gasteiger partial charge in [0, 0.05) is 0 Å². The number of H-pyrrole nitrogens is 1. The molecule has 1 rings (SSSR count). The van der Waals surface area contributed by atoms with Crippen LogP contribution in [0.1, 0.15) is 18.7 Å². The van der Waals surface area contributed by atoms with Crippen molar-refractivity contribution in [1.29, 1.82) is 0 Å². The SMILES string of the molecule is COC(=O)C(=O)C(C)c1nc([N+](=O)[O-])c[nH]1. The van der Waals surface area contributed by atoms with Crippen LogP contribution in [-0.2, 0) is 14.3 Å². The van der Waals surface area contributed by atoms with Crippen LogP contribution in [0.5, 0.6) is 0 Å². The van der Waals surface area contributed by atoms with Crippen LogP contribution in [0.4, 0.5) is 5.82 Å². The van der Waals surface area contributed by atoms with Gasteiger partial charge in [0.25, 0.3) is 5.78 Å². The van der Waals surface area contributed by atoms with Gasteiger partial charge in [0.15, 0.2) is 0 Å². The van der Waals surface area contributed by atoms with Crippen molar-refractivity contribution in [2.75, 3.05) is 7.11 Å². The van der Waals surface area contributed by atoms with Crippen LogP contribution in [-0.4, -0.2) is 33.8 Å². The molecule has 8 nitrogen and oxygen atoms in total. The highest BCUT2D eigenvalue weighted by Gasteiger charge is 2.29. The van der Waals surface area contributed by atoms with E-state index < -0.39 is 28.4 Å². The van der Waals surface area contributed by atoms with Gasteiger partial charge in [-0.15, -0.1) is 0 Å². The number of aromatic nitrogens is 2. The number of rotatable bonds is 4. The molecule has 8 heteroatoms. The van der Waals surface area contributed by atoms with E-state index in [9.17, 15) is 19.7 Å². The Kier molecular flexibility index (Phi) is 3.33. The Labute approximate surface area is 89.8 Å². The molecule has 0 amide bonds. The number of nitrogens with one attached hydrogen (secondary N) is 1. The standard InChI is InChI=1S/C8H9N3O5/c1-4(6(12)8(13)16-2)7-9-3-5(10-7)11(14)15/h3-4H,1-2H3,(H,9,10). The highest BCUT2D eigenvalue weighted by Crippen LogP contribution is 2.16. The number of ketones is 1. The van der Waals surface area contributed by atoms with Crippen molar-refractivity contribution in [3.05, 3.63) is 22.1 Å². The maximum atomic E-state index is 11.3. The van der Waals surface area contributed by atoms with E-state index >= 15 is 0 Å². The molecule has 1 atom stereocenters. The molecule has 1 aromatic rings. The van der Waals surface area contributed by atoms with Crippen molar-refractivity contribution in [3.63, 3.8) is 0 Å². The first-order chi connectivity index (χ1) is 7.47. The minimum Gasteiger partial charge on any atom is -0.463 e.